The Kier molecular flexibility index (Phi) is 4.02. The molecule has 1 aromatic rings. The first kappa shape index (κ1) is 13.9. The van der Waals surface area contributed by atoms with Gasteiger partial charge in [0.2, 0.25) is 0 Å². The molecule has 8 heteroatoms. The van der Waals surface area contributed by atoms with Gasteiger partial charge in [0, 0.05) is 6.54 Å². The molecular formula is C12H17N3O3S2. The van der Waals surface area contributed by atoms with Gasteiger partial charge in [0.1, 0.15) is 6.10 Å². The first-order valence-corrected chi connectivity index (χ1v) is 8.41. The molecule has 0 N–H and O–H groups in total. The molecule has 1 aliphatic carbocycles. The third-order valence-electron chi connectivity index (χ3n) is 3.81. The van der Waals surface area contributed by atoms with E-state index in [1.54, 1.807) is 16.7 Å². The summed E-state index contributed by atoms with van der Waals surface area (Å²) in [6.07, 6.45) is 1.72. The number of carbonyl (C=O) groups is 1. The SMILES string of the molecule is CCSc1nsnc1OC1CC2CC1N(C(=O)OC)C2. The van der Waals surface area contributed by atoms with Crippen LogP contribution in [0.1, 0.15) is 19.8 Å². The molecule has 1 aromatic heterocycles. The summed E-state index contributed by atoms with van der Waals surface area (Å²) in [6.45, 7) is 2.85. The summed E-state index contributed by atoms with van der Waals surface area (Å²) in [4.78, 5) is 13.5. The maximum Gasteiger partial charge on any atom is 0.409 e. The van der Waals surface area contributed by atoms with Crippen LogP contribution in [0, 0.1) is 5.92 Å². The van der Waals surface area contributed by atoms with Crippen molar-refractivity contribution in [1.82, 2.24) is 13.6 Å². The quantitative estimate of drug-likeness (QED) is 0.794. The number of rotatable bonds is 4. The van der Waals surface area contributed by atoms with Gasteiger partial charge < -0.3 is 14.4 Å². The average Bonchev–Trinajstić information content (AvgIpc) is 3.14. The number of likely N-dealkylation sites (tertiary alicyclic amines) is 1. The second-order valence-corrected chi connectivity index (χ2v) is 6.77. The van der Waals surface area contributed by atoms with Gasteiger partial charge >= 0.3 is 6.09 Å². The maximum atomic E-state index is 11.7. The molecule has 2 aliphatic rings. The van der Waals surface area contributed by atoms with Gasteiger partial charge in [0.25, 0.3) is 5.88 Å². The lowest BCUT2D eigenvalue weighted by Gasteiger charge is -2.31. The Morgan fingerprint density at radius 2 is 2.35 bits per heavy atom. The Balaban J connectivity index is 1.69. The smallest absolute Gasteiger partial charge is 0.409 e. The number of amides is 1. The van der Waals surface area contributed by atoms with Crippen LogP contribution in [0.3, 0.4) is 0 Å². The molecule has 2 bridgehead atoms. The van der Waals surface area contributed by atoms with E-state index in [0.29, 0.717) is 11.8 Å². The van der Waals surface area contributed by atoms with E-state index < -0.39 is 0 Å². The summed E-state index contributed by atoms with van der Waals surface area (Å²) in [5.41, 5.74) is 0. The summed E-state index contributed by atoms with van der Waals surface area (Å²) in [5.74, 6) is 2.06. The van der Waals surface area contributed by atoms with Crippen LogP contribution in [0.2, 0.25) is 0 Å². The molecule has 0 radical (unpaired) electrons. The zero-order valence-corrected chi connectivity index (χ0v) is 13.1. The topological polar surface area (TPSA) is 64.6 Å². The fourth-order valence-corrected chi connectivity index (χ4v) is 4.29. The van der Waals surface area contributed by atoms with Crippen molar-refractivity contribution in [2.75, 3.05) is 19.4 Å². The minimum atomic E-state index is -0.259. The second-order valence-electron chi connectivity index (χ2n) is 4.99. The fraction of sp³-hybridized carbons (Fsp3) is 0.750. The second kappa shape index (κ2) is 5.77. The highest BCUT2D eigenvalue weighted by Crippen LogP contribution is 2.41. The molecule has 0 spiro atoms. The van der Waals surface area contributed by atoms with Crippen molar-refractivity contribution in [3.63, 3.8) is 0 Å². The zero-order valence-electron chi connectivity index (χ0n) is 11.4. The van der Waals surface area contributed by atoms with Crippen LogP contribution < -0.4 is 4.74 Å². The molecule has 1 saturated heterocycles. The lowest BCUT2D eigenvalue weighted by Crippen LogP contribution is -2.46. The number of ether oxygens (including phenoxy) is 2. The van der Waals surface area contributed by atoms with E-state index in [1.165, 1.54) is 18.8 Å². The normalized spacial score (nSPS) is 27.9. The van der Waals surface area contributed by atoms with Crippen molar-refractivity contribution in [2.24, 2.45) is 5.92 Å². The van der Waals surface area contributed by atoms with E-state index in [4.69, 9.17) is 9.47 Å². The maximum absolute atomic E-state index is 11.7. The van der Waals surface area contributed by atoms with Crippen molar-refractivity contribution in [3.05, 3.63) is 0 Å². The van der Waals surface area contributed by atoms with Gasteiger partial charge in [-0.15, -0.1) is 16.1 Å². The Hall–Kier alpha value is -1.02. The van der Waals surface area contributed by atoms with Crippen LogP contribution in [0.15, 0.2) is 5.03 Å². The molecule has 110 valence electrons. The Bertz CT molecular complexity index is 496. The van der Waals surface area contributed by atoms with Crippen LogP contribution in [0.4, 0.5) is 4.79 Å². The van der Waals surface area contributed by atoms with E-state index >= 15 is 0 Å². The van der Waals surface area contributed by atoms with E-state index in [9.17, 15) is 4.79 Å². The molecule has 1 saturated carbocycles. The predicted molar refractivity (Wildman–Crippen MR) is 76.3 cm³/mol. The summed E-state index contributed by atoms with van der Waals surface area (Å²) >= 11 is 2.80. The molecule has 1 aliphatic heterocycles. The fourth-order valence-electron chi connectivity index (χ4n) is 3.03. The van der Waals surface area contributed by atoms with Crippen molar-refractivity contribution in [3.8, 4) is 5.88 Å². The number of fused-ring (bicyclic) bond motifs is 2. The summed E-state index contributed by atoms with van der Waals surface area (Å²) < 4.78 is 19.3. The first-order chi connectivity index (χ1) is 9.72. The third-order valence-corrected chi connectivity index (χ3v) is 5.26. The highest BCUT2D eigenvalue weighted by atomic mass is 32.2. The lowest BCUT2D eigenvalue weighted by atomic mass is 10.1. The molecule has 3 atom stereocenters. The van der Waals surface area contributed by atoms with Crippen LogP contribution in [-0.2, 0) is 4.74 Å². The van der Waals surface area contributed by atoms with Crippen LogP contribution in [0.5, 0.6) is 5.88 Å². The third kappa shape index (κ3) is 2.46. The van der Waals surface area contributed by atoms with Crippen molar-refractivity contribution in [1.29, 1.82) is 0 Å². The molecule has 3 rings (SSSR count). The number of nitrogens with zero attached hydrogens (tertiary/aromatic N) is 3. The zero-order chi connectivity index (χ0) is 14.1. The Morgan fingerprint density at radius 3 is 3.05 bits per heavy atom. The van der Waals surface area contributed by atoms with Gasteiger partial charge in [-0.3, -0.25) is 0 Å². The van der Waals surface area contributed by atoms with Gasteiger partial charge in [-0.25, -0.2) is 4.79 Å². The van der Waals surface area contributed by atoms with Crippen molar-refractivity contribution < 1.29 is 14.3 Å². The van der Waals surface area contributed by atoms with E-state index in [-0.39, 0.29) is 18.2 Å². The van der Waals surface area contributed by atoms with Crippen LogP contribution >= 0.6 is 23.5 Å². The molecule has 20 heavy (non-hydrogen) atoms. The largest absolute Gasteiger partial charge is 0.470 e. The number of thioether (sulfide) groups is 1. The molecule has 0 aromatic carbocycles. The summed E-state index contributed by atoms with van der Waals surface area (Å²) in [6, 6.07) is 0.105. The summed E-state index contributed by atoms with van der Waals surface area (Å²) in [7, 11) is 1.42. The first-order valence-electron chi connectivity index (χ1n) is 6.69. The highest BCUT2D eigenvalue weighted by molar-refractivity contribution is 7.99. The number of aromatic nitrogens is 2. The summed E-state index contributed by atoms with van der Waals surface area (Å²) in [5, 5.41) is 0.852. The Morgan fingerprint density at radius 1 is 1.50 bits per heavy atom. The standard InChI is InChI=1S/C12H17N3O3S2/c1-3-19-11-10(13-20-14-11)18-9-5-7-4-8(9)15(6-7)12(16)17-2/h7-9H,3-6H2,1-2H3. The van der Waals surface area contributed by atoms with Gasteiger partial charge in [-0.05, 0) is 24.5 Å². The average molecular weight is 315 g/mol. The Labute approximate surface area is 126 Å². The highest BCUT2D eigenvalue weighted by Gasteiger charge is 2.49. The molecule has 2 heterocycles. The molecule has 1 amide bonds. The number of methoxy groups -OCH3 is 1. The minimum absolute atomic E-state index is 0.00737. The van der Waals surface area contributed by atoms with Crippen LogP contribution in [0.25, 0.3) is 0 Å². The lowest BCUT2D eigenvalue weighted by molar-refractivity contribution is 0.0565. The predicted octanol–water partition coefficient (Wildman–Crippen LogP) is 2.26. The number of hydrogen-bond donors (Lipinski definition) is 0. The minimum Gasteiger partial charge on any atom is -0.470 e. The van der Waals surface area contributed by atoms with E-state index in [1.807, 2.05) is 0 Å². The van der Waals surface area contributed by atoms with Gasteiger partial charge in [-0.2, -0.15) is 4.37 Å². The molecule has 6 nitrogen and oxygen atoms in total. The molecular weight excluding hydrogens is 298 g/mol. The van der Waals surface area contributed by atoms with Crippen molar-refractivity contribution >= 4 is 29.6 Å². The number of hydrogen-bond acceptors (Lipinski definition) is 7. The van der Waals surface area contributed by atoms with Gasteiger partial charge in [0.05, 0.1) is 24.9 Å². The van der Waals surface area contributed by atoms with Crippen LogP contribution in [-0.4, -0.2) is 51.3 Å². The van der Waals surface area contributed by atoms with E-state index in [0.717, 1.165) is 30.2 Å². The molecule has 2 fully saturated rings. The van der Waals surface area contributed by atoms with Gasteiger partial charge in [0.15, 0.2) is 5.03 Å². The monoisotopic (exact) mass is 315 g/mol. The van der Waals surface area contributed by atoms with E-state index in [2.05, 4.69) is 15.7 Å². The van der Waals surface area contributed by atoms with Gasteiger partial charge in [-0.1, -0.05) is 6.92 Å². The number of piperidine rings is 1. The van der Waals surface area contributed by atoms with Crippen molar-refractivity contribution in [2.45, 2.75) is 36.9 Å². The molecule has 3 unspecified atom stereocenters. The number of carbonyl (C=O) groups excluding carboxylic acids is 1.